The number of aryl methyl sites for hydroxylation is 1. The zero-order valence-electron chi connectivity index (χ0n) is 22.9. The van der Waals surface area contributed by atoms with E-state index in [1.807, 2.05) is 31.2 Å². The maximum atomic E-state index is 13.7. The van der Waals surface area contributed by atoms with Gasteiger partial charge in [-0.3, -0.25) is 14.7 Å². The molecule has 0 spiro atoms. The third kappa shape index (κ3) is 5.81. The molecular formula is C30H29ClF3N5O3. The van der Waals surface area contributed by atoms with E-state index in [-0.39, 0.29) is 18.2 Å². The van der Waals surface area contributed by atoms with Crippen LogP contribution >= 0.6 is 11.6 Å². The highest BCUT2D eigenvalue weighted by atomic mass is 35.5. The van der Waals surface area contributed by atoms with Crippen molar-refractivity contribution in [1.29, 1.82) is 0 Å². The van der Waals surface area contributed by atoms with E-state index in [0.29, 0.717) is 48.3 Å². The number of hydrogen-bond acceptors (Lipinski definition) is 6. The predicted octanol–water partition coefficient (Wildman–Crippen LogP) is 5.10. The summed E-state index contributed by atoms with van der Waals surface area (Å²) in [5, 5.41) is 0.413. The molecule has 0 radical (unpaired) electrons. The van der Waals surface area contributed by atoms with Crippen molar-refractivity contribution in [2.24, 2.45) is 0 Å². The van der Waals surface area contributed by atoms with Crippen LogP contribution in [0.25, 0.3) is 5.65 Å². The van der Waals surface area contributed by atoms with E-state index in [4.69, 9.17) is 21.1 Å². The Hall–Kier alpha value is -3.67. The number of halogens is 4. The Morgan fingerprint density at radius 3 is 2.64 bits per heavy atom. The van der Waals surface area contributed by atoms with Crippen LogP contribution in [0.1, 0.15) is 39.8 Å². The number of amides is 1. The molecule has 2 aliphatic heterocycles. The molecular weight excluding hydrogens is 571 g/mol. The quantitative estimate of drug-likeness (QED) is 0.307. The van der Waals surface area contributed by atoms with E-state index >= 15 is 0 Å². The number of imidazole rings is 1. The molecule has 42 heavy (non-hydrogen) atoms. The summed E-state index contributed by atoms with van der Waals surface area (Å²) < 4.78 is 53.1. The third-order valence-corrected chi connectivity index (χ3v) is 7.95. The molecule has 1 fully saturated rings. The van der Waals surface area contributed by atoms with Crippen molar-refractivity contribution in [1.82, 2.24) is 24.2 Å². The van der Waals surface area contributed by atoms with Gasteiger partial charge in [-0.2, -0.15) is 13.2 Å². The Balaban J connectivity index is 1.25. The largest absolute Gasteiger partial charge is 0.482 e. The number of carbonyl (C=O) groups excluding carboxylic acids is 1. The van der Waals surface area contributed by atoms with Gasteiger partial charge >= 0.3 is 6.18 Å². The lowest BCUT2D eigenvalue weighted by atomic mass is 9.96. The normalized spacial score (nSPS) is 17.8. The number of ether oxygens (including phenoxy) is 2. The summed E-state index contributed by atoms with van der Waals surface area (Å²) in [5.74, 6) is 0.109. The topological polar surface area (TPSA) is 72.2 Å². The lowest BCUT2D eigenvalue weighted by molar-refractivity contribution is -0.137. The van der Waals surface area contributed by atoms with Gasteiger partial charge in [0.25, 0.3) is 5.91 Å². The smallest absolute Gasteiger partial charge is 0.416 e. The number of carbonyl (C=O) groups is 1. The van der Waals surface area contributed by atoms with Gasteiger partial charge in [0.05, 0.1) is 35.2 Å². The summed E-state index contributed by atoms with van der Waals surface area (Å²) in [6.07, 6.45) is -1.06. The number of aromatic nitrogens is 3. The molecule has 6 rings (SSSR count). The van der Waals surface area contributed by atoms with Crippen LogP contribution in [0.4, 0.5) is 13.2 Å². The Kier molecular flexibility index (Phi) is 7.82. The molecule has 1 atom stereocenters. The Labute approximate surface area is 245 Å². The van der Waals surface area contributed by atoms with Gasteiger partial charge in [0.1, 0.15) is 17.4 Å². The molecule has 1 unspecified atom stereocenters. The molecule has 4 aromatic rings. The number of fused-ring (bicyclic) bond motifs is 3. The summed E-state index contributed by atoms with van der Waals surface area (Å²) in [6.45, 7) is 5.78. The Morgan fingerprint density at radius 2 is 1.93 bits per heavy atom. The molecule has 5 heterocycles. The van der Waals surface area contributed by atoms with E-state index in [0.717, 1.165) is 48.6 Å². The molecule has 0 bridgehead atoms. The van der Waals surface area contributed by atoms with E-state index in [1.165, 1.54) is 6.20 Å². The lowest BCUT2D eigenvalue weighted by Gasteiger charge is -2.35. The molecule has 8 nitrogen and oxygen atoms in total. The van der Waals surface area contributed by atoms with Crippen LogP contribution < -0.4 is 4.74 Å². The first-order chi connectivity index (χ1) is 20.2. The molecule has 0 saturated carbocycles. The summed E-state index contributed by atoms with van der Waals surface area (Å²) >= 11 is 6.53. The van der Waals surface area contributed by atoms with Crippen LogP contribution in [0, 0.1) is 6.92 Å². The number of morpholine rings is 1. The molecule has 1 saturated heterocycles. The molecule has 1 aromatic carbocycles. The molecule has 3 aromatic heterocycles. The SMILES string of the molecule is Cc1ccc(C2c3c(nc4cc(C(F)(F)F)ccn34)CCN2C(=O)COc2ccc(CN3CCOCC3)cc2Cl)cn1. The first kappa shape index (κ1) is 28.4. The van der Waals surface area contributed by atoms with Gasteiger partial charge < -0.3 is 18.8 Å². The number of nitrogens with zero attached hydrogens (tertiary/aromatic N) is 5. The molecule has 0 N–H and O–H groups in total. The number of benzene rings is 1. The van der Waals surface area contributed by atoms with Crippen molar-refractivity contribution in [3.63, 3.8) is 0 Å². The minimum absolute atomic E-state index is 0.175. The maximum absolute atomic E-state index is 13.7. The molecule has 220 valence electrons. The summed E-state index contributed by atoms with van der Waals surface area (Å²) in [5.41, 5.74) is 3.24. The van der Waals surface area contributed by atoms with Crippen molar-refractivity contribution in [2.45, 2.75) is 32.1 Å². The van der Waals surface area contributed by atoms with E-state index < -0.39 is 17.8 Å². The average molecular weight is 600 g/mol. The third-order valence-electron chi connectivity index (χ3n) is 7.65. The van der Waals surface area contributed by atoms with Gasteiger partial charge in [0.15, 0.2) is 6.61 Å². The minimum atomic E-state index is -4.49. The first-order valence-corrected chi connectivity index (χ1v) is 14.1. The highest BCUT2D eigenvalue weighted by Crippen LogP contribution is 2.37. The fourth-order valence-corrected chi connectivity index (χ4v) is 5.77. The summed E-state index contributed by atoms with van der Waals surface area (Å²) in [6, 6.07) is 10.7. The van der Waals surface area contributed by atoms with Crippen molar-refractivity contribution in [2.75, 3.05) is 39.5 Å². The van der Waals surface area contributed by atoms with E-state index in [1.54, 1.807) is 21.6 Å². The highest BCUT2D eigenvalue weighted by Gasteiger charge is 2.37. The monoisotopic (exact) mass is 599 g/mol. The fraction of sp³-hybridized carbons (Fsp3) is 0.367. The Bertz CT molecular complexity index is 1600. The fourth-order valence-electron chi connectivity index (χ4n) is 5.51. The van der Waals surface area contributed by atoms with Gasteiger partial charge in [-0.15, -0.1) is 0 Å². The van der Waals surface area contributed by atoms with Gasteiger partial charge in [0.2, 0.25) is 0 Å². The molecule has 12 heteroatoms. The molecule has 2 aliphatic rings. The predicted molar refractivity (Wildman–Crippen MR) is 149 cm³/mol. The summed E-state index contributed by atoms with van der Waals surface area (Å²) in [7, 11) is 0. The minimum Gasteiger partial charge on any atom is -0.482 e. The second-order valence-electron chi connectivity index (χ2n) is 10.5. The van der Waals surface area contributed by atoms with Gasteiger partial charge in [-0.25, -0.2) is 4.98 Å². The number of alkyl halides is 3. The Morgan fingerprint density at radius 1 is 1.12 bits per heavy atom. The van der Waals surface area contributed by atoms with Crippen LogP contribution in [0.2, 0.25) is 5.02 Å². The van der Waals surface area contributed by atoms with Crippen molar-refractivity contribution in [3.8, 4) is 5.75 Å². The number of rotatable bonds is 6. The zero-order valence-corrected chi connectivity index (χ0v) is 23.7. The van der Waals surface area contributed by atoms with Gasteiger partial charge in [0, 0.05) is 50.7 Å². The van der Waals surface area contributed by atoms with Crippen LogP contribution in [-0.2, 0) is 28.7 Å². The first-order valence-electron chi connectivity index (χ1n) is 13.7. The van der Waals surface area contributed by atoms with Crippen molar-refractivity contribution >= 4 is 23.2 Å². The number of pyridine rings is 2. The van der Waals surface area contributed by atoms with Gasteiger partial charge in [-0.1, -0.05) is 23.7 Å². The molecule has 1 amide bonds. The van der Waals surface area contributed by atoms with E-state index in [9.17, 15) is 18.0 Å². The van der Waals surface area contributed by atoms with Crippen LogP contribution in [0.15, 0.2) is 54.9 Å². The standard InChI is InChI=1S/C30H29ClF3N5O3/c1-19-2-4-21(16-35-19)28-29-24(36-26-15-22(30(32,33)34)6-8-38(26)29)7-9-39(28)27(40)18-42-25-5-3-20(14-23(25)31)17-37-10-12-41-13-11-37/h2-6,8,14-16,28H,7,9-13,17-18H2,1H3. The summed E-state index contributed by atoms with van der Waals surface area (Å²) in [4.78, 5) is 26.5. The van der Waals surface area contributed by atoms with Crippen LogP contribution in [-0.4, -0.2) is 69.5 Å². The number of hydrogen-bond donors (Lipinski definition) is 0. The molecule has 0 aliphatic carbocycles. The van der Waals surface area contributed by atoms with E-state index in [2.05, 4.69) is 14.9 Å². The maximum Gasteiger partial charge on any atom is 0.416 e. The van der Waals surface area contributed by atoms with Crippen LogP contribution in [0.5, 0.6) is 5.75 Å². The van der Waals surface area contributed by atoms with Crippen molar-refractivity contribution < 1.29 is 27.4 Å². The lowest BCUT2D eigenvalue weighted by Crippen LogP contribution is -2.43. The van der Waals surface area contributed by atoms with Gasteiger partial charge in [-0.05, 0) is 48.4 Å². The average Bonchev–Trinajstić information content (AvgIpc) is 3.35. The van der Waals surface area contributed by atoms with Crippen molar-refractivity contribution in [3.05, 3.63) is 93.7 Å². The zero-order chi connectivity index (χ0) is 29.4. The van der Waals surface area contributed by atoms with Crippen LogP contribution in [0.3, 0.4) is 0 Å². The second kappa shape index (κ2) is 11.5. The highest BCUT2D eigenvalue weighted by molar-refractivity contribution is 6.32. The second-order valence-corrected chi connectivity index (χ2v) is 10.9.